The van der Waals surface area contributed by atoms with Crippen molar-refractivity contribution in [2.45, 2.75) is 6.42 Å². The van der Waals surface area contributed by atoms with Gasteiger partial charge in [-0.3, -0.25) is 4.79 Å². The Bertz CT molecular complexity index is 744. The number of carbonyl (C=O) groups is 2. The molecule has 0 atom stereocenters. The van der Waals surface area contributed by atoms with Gasteiger partial charge >= 0.3 is 5.97 Å². The van der Waals surface area contributed by atoms with Crippen molar-refractivity contribution in [3.63, 3.8) is 0 Å². The van der Waals surface area contributed by atoms with Gasteiger partial charge in [0, 0.05) is 11.1 Å². The standard InChI is InChI=1S/C16H13Cl2NO4/c1-23-14-8-13(12(18)7-11(14)16(21)22)19-15(20)6-9-2-4-10(17)5-3-9/h2-5,7-8H,6H2,1H3,(H,19,20)(H,21,22). The van der Waals surface area contributed by atoms with E-state index in [2.05, 4.69) is 5.32 Å². The molecule has 2 aromatic rings. The van der Waals surface area contributed by atoms with Gasteiger partial charge in [0.25, 0.3) is 0 Å². The molecule has 120 valence electrons. The lowest BCUT2D eigenvalue weighted by molar-refractivity contribution is -0.115. The molecule has 0 saturated carbocycles. The van der Waals surface area contributed by atoms with Gasteiger partial charge in [-0.2, -0.15) is 0 Å². The molecule has 2 N–H and O–H groups in total. The smallest absolute Gasteiger partial charge is 0.339 e. The van der Waals surface area contributed by atoms with Crippen LogP contribution in [-0.4, -0.2) is 24.1 Å². The van der Waals surface area contributed by atoms with E-state index in [1.54, 1.807) is 24.3 Å². The molecule has 0 aliphatic heterocycles. The minimum atomic E-state index is -1.16. The van der Waals surface area contributed by atoms with Crippen molar-refractivity contribution in [2.75, 3.05) is 12.4 Å². The van der Waals surface area contributed by atoms with Crippen LogP contribution >= 0.6 is 23.2 Å². The number of carboxylic acid groups (broad SMARTS) is 1. The molecule has 0 fully saturated rings. The Hall–Kier alpha value is -2.24. The lowest BCUT2D eigenvalue weighted by Crippen LogP contribution is -2.15. The Kier molecular flexibility index (Phi) is 5.47. The maximum absolute atomic E-state index is 12.1. The van der Waals surface area contributed by atoms with Gasteiger partial charge in [-0.15, -0.1) is 0 Å². The van der Waals surface area contributed by atoms with Crippen LogP contribution in [-0.2, 0) is 11.2 Å². The lowest BCUT2D eigenvalue weighted by atomic mass is 10.1. The van der Waals surface area contributed by atoms with Crippen molar-refractivity contribution in [3.8, 4) is 5.75 Å². The fourth-order valence-corrected chi connectivity index (χ4v) is 2.30. The van der Waals surface area contributed by atoms with Crippen LogP contribution in [0.3, 0.4) is 0 Å². The summed E-state index contributed by atoms with van der Waals surface area (Å²) in [5.41, 5.74) is 0.998. The van der Waals surface area contributed by atoms with Gasteiger partial charge in [0.1, 0.15) is 11.3 Å². The summed E-state index contributed by atoms with van der Waals surface area (Å²) in [6.45, 7) is 0. The van der Waals surface area contributed by atoms with Gasteiger partial charge in [-0.05, 0) is 23.8 Å². The van der Waals surface area contributed by atoms with Gasteiger partial charge in [-0.25, -0.2) is 4.79 Å². The molecule has 0 aromatic heterocycles. The number of amides is 1. The maximum atomic E-state index is 12.1. The number of benzene rings is 2. The van der Waals surface area contributed by atoms with Crippen LogP contribution in [0, 0.1) is 0 Å². The van der Waals surface area contributed by atoms with E-state index in [1.165, 1.54) is 19.2 Å². The summed E-state index contributed by atoms with van der Waals surface area (Å²) in [5.74, 6) is -1.34. The fraction of sp³-hybridized carbons (Fsp3) is 0.125. The molecular formula is C16H13Cl2NO4. The number of rotatable bonds is 5. The summed E-state index contributed by atoms with van der Waals surface area (Å²) in [6.07, 6.45) is 0.135. The van der Waals surface area contributed by atoms with Gasteiger partial charge in [0.05, 0.1) is 24.2 Å². The van der Waals surface area contributed by atoms with Crippen molar-refractivity contribution in [1.29, 1.82) is 0 Å². The average molecular weight is 354 g/mol. The highest BCUT2D eigenvalue weighted by atomic mass is 35.5. The monoisotopic (exact) mass is 353 g/mol. The third-order valence-electron chi connectivity index (χ3n) is 3.07. The van der Waals surface area contributed by atoms with Gasteiger partial charge in [0.15, 0.2) is 0 Å². The summed E-state index contributed by atoms with van der Waals surface area (Å²) in [6, 6.07) is 9.51. The zero-order chi connectivity index (χ0) is 17.0. The molecule has 0 saturated heterocycles. The Morgan fingerprint density at radius 1 is 1.17 bits per heavy atom. The second kappa shape index (κ2) is 7.35. The first-order valence-electron chi connectivity index (χ1n) is 6.56. The molecule has 0 spiro atoms. The molecule has 2 rings (SSSR count). The number of anilines is 1. The Balaban J connectivity index is 2.17. The average Bonchev–Trinajstić information content (AvgIpc) is 2.51. The first kappa shape index (κ1) is 17.1. The van der Waals surface area contributed by atoms with Crippen LogP contribution in [0.2, 0.25) is 10.0 Å². The molecule has 0 bridgehead atoms. The summed E-state index contributed by atoms with van der Waals surface area (Å²) in [5, 5.41) is 12.4. The number of halogens is 2. The predicted molar refractivity (Wildman–Crippen MR) is 88.7 cm³/mol. The highest BCUT2D eigenvalue weighted by Crippen LogP contribution is 2.31. The fourth-order valence-electron chi connectivity index (χ4n) is 1.97. The lowest BCUT2D eigenvalue weighted by Gasteiger charge is -2.11. The van der Waals surface area contributed by atoms with Crippen LogP contribution in [0.5, 0.6) is 5.75 Å². The first-order chi connectivity index (χ1) is 10.9. The molecular weight excluding hydrogens is 341 g/mol. The van der Waals surface area contributed by atoms with Crippen LogP contribution in [0.15, 0.2) is 36.4 Å². The summed E-state index contributed by atoms with van der Waals surface area (Å²) in [7, 11) is 1.34. The molecule has 2 aromatic carbocycles. The Morgan fingerprint density at radius 2 is 1.83 bits per heavy atom. The second-order valence-corrected chi connectivity index (χ2v) is 5.53. The topological polar surface area (TPSA) is 75.6 Å². The number of ether oxygens (including phenoxy) is 1. The SMILES string of the molecule is COc1cc(NC(=O)Cc2ccc(Cl)cc2)c(Cl)cc1C(=O)O. The highest BCUT2D eigenvalue weighted by Gasteiger charge is 2.16. The summed E-state index contributed by atoms with van der Waals surface area (Å²) >= 11 is 11.8. The van der Waals surface area contributed by atoms with E-state index in [-0.39, 0.29) is 34.4 Å². The van der Waals surface area contributed by atoms with E-state index in [4.69, 9.17) is 33.0 Å². The number of hydrogen-bond acceptors (Lipinski definition) is 3. The van der Waals surface area contributed by atoms with Gasteiger partial charge in [0.2, 0.25) is 5.91 Å². The van der Waals surface area contributed by atoms with E-state index in [0.29, 0.717) is 5.02 Å². The summed E-state index contributed by atoms with van der Waals surface area (Å²) < 4.78 is 5.01. The normalized spacial score (nSPS) is 10.2. The molecule has 0 unspecified atom stereocenters. The number of hydrogen-bond donors (Lipinski definition) is 2. The molecule has 0 radical (unpaired) electrons. The largest absolute Gasteiger partial charge is 0.496 e. The van der Waals surface area contributed by atoms with Crippen molar-refractivity contribution in [1.82, 2.24) is 0 Å². The molecule has 5 nitrogen and oxygen atoms in total. The number of carboxylic acids is 1. The molecule has 1 amide bonds. The van der Waals surface area contributed by atoms with Crippen molar-refractivity contribution in [2.24, 2.45) is 0 Å². The first-order valence-corrected chi connectivity index (χ1v) is 7.31. The minimum absolute atomic E-state index is 0.0757. The quantitative estimate of drug-likeness (QED) is 0.854. The van der Waals surface area contributed by atoms with Crippen LogP contribution in [0.4, 0.5) is 5.69 Å². The van der Waals surface area contributed by atoms with E-state index in [1.807, 2.05) is 0 Å². The zero-order valence-electron chi connectivity index (χ0n) is 12.1. The zero-order valence-corrected chi connectivity index (χ0v) is 13.6. The summed E-state index contributed by atoms with van der Waals surface area (Å²) in [4.78, 5) is 23.2. The van der Waals surface area contributed by atoms with Crippen LogP contribution < -0.4 is 10.1 Å². The minimum Gasteiger partial charge on any atom is -0.496 e. The van der Waals surface area contributed by atoms with E-state index >= 15 is 0 Å². The molecule has 0 aliphatic rings. The van der Waals surface area contributed by atoms with E-state index < -0.39 is 5.97 Å². The van der Waals surface area contributed by atoms with Crippen molar-refractivity contribution < 1.29 is 19.4 Å². The highest BCUT2D eigenvalue weighted by molar-refractivity contribution is 6.34. The number of nitrogens with one attached hydrogen (secondary N) is 1. The van der Waals surface area contributed by atoms with E-state index in [9.17, 15) is 9.59 Å². The predicted octanol–water partition coefficient (Wildman–Crippen LogP) is 3.88. The second-order valence-electron chi connectivity index (χ2n) is 4.69. The van der Waals surface area contributed by atoms with Crippen LogP contribution in [0.1, 0.15) is 15.9 Å². The Labute approximate surface area is 142 Å². The molecule has 23 heavy (non-hydrogen) atoms. The molecule has 0 aliphatic carbocycles. The van der Waals surface area contributed by atoms with Crippen molar-refractivity contribution >= 4 is 40.8 Å². The number of methoxy groups -OCH3 is 1. The van der Waals surface area contributed by atoms with Crippen LogP contribution in [0.25, 0.3) is 0 Å². The third kappa shape index (κ3) is 4.37. The van der Waals surface area contributed by atoms with Gasteiger partial charge in [-0.1, -0.05) is 35.3 Å². The van der Waals surface area contributed by atoms with Crippen molar-refractivity contribution in [3.05, 3.63) is 57.6 Å². The number of carbonyl (C=O) groups excluding carboxylic acids is 1. The maximum Gasteiger partial charge on any atom is 0.339 e. The van der Waals surface area contributed by atoms with E-state index in [0.717, 1.165) is 5.56 Å². The van der Waals surface area contributed by atoms with Gasteiger partial charge < -0.3 is 15.2 Å². The third-order valence-corrected chi connectivity index (χ3v) is 3.64. The number of aromatic carboxylic acids is 1. The Morgan fingerprint density at radius 3 is 2.39 bits per heavy atom. The molecule has 0 heterocycles. The molecule has 7 heteroatoms.